The van der Waals surface area contributed by atoms with Gasteiger partial charge in [-0.05, 0) is 55.2 Å². The molecule has 1 aliphatic carbocycles. The fourth-order valence-corrected chi connectivity index (χ4v) is 4.62. The number of nitrogens with zero attached hydrogens (tertiary/aromatic N) is 3. The van der Waals surface area contributed by atoms with E-state index in [4.69, 9.17) is 9.72 Å². The molecule has 0 aliphatic heterocycles. The van der Waals surface area contributed by atoms with Crippen molar-refractivity contribution in [2.24, 2.45) is 5.10 Å². The second kappa shape index (κ2) is 9.69. The standard InChI is InChI=1S/C25H26BrN3O3/c1-3-7-18-12-16(13-22(32-2)23(18)30)15-27-29-24(17-8-5-4-6-9-17)28-21-11-10-19(26)14-20(21)25(29)31/h3,10-15,17,30H,1,4-9H2,2H3. The fraction of sp³-hybridized carbons (Fsp3) is 0.320. The molecule has 0 unspecified atom stereocenters. The number of phenolic OH excluding ortho intramolecular Hbond substituents is 1. The molecule has 1 aromatic heterocycles. The quantitative estimate of drug-likeness (QED) is 0.360. The fourth-order valence-electron chi connectivity index (χ4n) is 4.26. The smallest absolute Gasteiger partial charge is 0.282 e. The van der Waals surface area contributed by atoms with Gasteiger partial charge in [0.15, 0.2) is 11.5 Å². The molecule has 1 fully saturated rings. The lowest BCUT2D eigenvalue weighted by Gasteiger charge is -2.22. The SMILES string of the molecule is C=CCc1cc(C=Nn2c(C3CCCCC3)nc3ccc(Br)cc3c2=O)cc(OC)c1O. The summed E-state index contributed by atoms with van der Waals surface area (Å²) in [6.45, 7) is 3.74. The largest absolute Gasteiger partial charge is 0.504 e. The van der Waals surface area contributed by atoms with E-state index in [1.807, 2.05) is 18.2 Å². The molecule has 32 heavy (non-hydrogen) atoms. The summed E-state index contributed by atoms with van der Waals surface area (Å²) in [5.41, 5.74) is 1.89. The van der Waals surface area contributed by atoms with Crippen LogP contribution in [0.5, 0.6) is 11.5 Å². The van der Waals surface area contributed by atoms with Crippen LogP contribution in [0, 0.1) is 0 Å². The average Bonchev–Trinajstić information content (AvgIpc) is 2.81. The summed E-state index contributed by atoms with van der Waals surface area (Å²) in [5.74, 6) is 1.35. The molecule has 0 atom stereocenters. The van der Waals surface area contributed by atoms with Crippen LogP contribution in [0.15, 0.2) is 57.4 Å². The van der Waals surface area contributed by atoms with E-state index in [0.29, 0.717) is 40.0 Å². The van der Waals surface area contributed by atoms with Crippen LogP contribution in [-0.4, -0.2) is 28.1 Å². The maximum Gasteiger partial charge on any atom is 0.282 e. The molecule has 1 aliphatic rings. The number of ether oxygens (including phenoxy) is 1. The number of rotatable bonds is 6. The highest BCUT2D eigenvalue weighted by Crippen LogP contribution is 2.33. The van der Waals surface area contributed by atoms with Gasteiger partial charge in [-0.25, -0.2) is 4.98 Å². The molecule has 1 N–H and O–H groups in total. The third-order valence-corrected chi connectivity index (χ3v) is 6.38. The number of benzene rings is 2. The predicted molar refractivity (Wildman–Crippen MR) is 131 cm³/mol. The van der Waals surface area contributed by atoms with Crippen molar-refractivity contribution in [1.82, 2.24) is 9.66 Å². The Kier molecular flexibility index (Phi) is 6.74. The van der Waals surface area contributed by atoms with Crippen molar-refractivity contribution in [1.29, 1.82) is 0 Å². The third kappa shape index (κ3) is 4.48. The zero-order valence-corrected chi connectivity index (χ0v) is 19.6. The van der Waals surface area contributed by atoms with Crippen LogP contribution in [0.1, 0.15) is 55.0 Å². The molecule has 0 bridgehead atoms. The summed E-state index contributed by atoms with van der Waals surface area (Å²) in [4.78, 5) is 18.3. The number of aromatic hydroxyl groups is 1. The van der Waals surface area contributed by atoms with Gasteiger partial charge in [-0.15, -0.1) is 6.58 Å². The highest BCUT2D eigenvalue weighted by atomic mass is 79.9. The van der Waals surface area contributed by atoms with E-state index in [-0.39, 0.29) is 17.2 Å². The second-order valence-corrected chi connectivity index (χ2v) is 8.97. The first-order valence-electron chi connectivity index (χ1n) is 10.8. The van der Waals surface area contributed by atoms with Crippen molar-refractivity contribution in [3.63, 3.8) is 0 Å². The van der Waals surface area contributed by atoms with E-state index in [0.717, 1.165) is 30.2 Å². The van der Waals surface area contributed by atoms with Crippen LogP contribution in [0.2, 0.25) is 0 Å². The highest BCUT2D eigenvalue weighted by molar-refractivity contribution is 9.10. The van der Waals surface area contributed by atoms with Crippen LogP contribution in [0.3, 0.4) is 0 Å². The Hall–Kier alpha value is -2.93. The van der Waals surface area contributed by atoms with Crippen molar-refractivity contribution in [3.05, 3.63) is 74.8 Å². The molecule has 7 heteroatoms. The maximum atomic E-state index is 13.4. The van der Waals surface area contributed by atoms with Gasteiger partial charge in [0.05, 0.1) is 24.2 Å². The van der Waals surface area contributed by atoms with Crippen LogP contribution >= 0.6 is 15.9 Å². The molecule has 1 saturated carbocycles. The minimum atomic E-state index is -0.190. The summed E-state index contributed by atoms with van der Waals surface area (Å²) in [5, 5.41) is 15.4. The van der Waals surface area contributed by atoms with E-state index in [1.165, 1.54) is 18.2 Å². The molecule has 0 spiro atoms. The van der Waals surface area contributed by atoms with Crippen LogP contribution in [0.4, 0.5) is 0 Å². The lowest BCUT2D eigenvalue weighted by molar-refractivity contribution is 0.371. The van der Waals surface area contributed by atoms with E-state index in [1.54, 1.807) is 24.4 Å². The van der Waals surface area contributed by atoms with E-state index < -0.39 is 0 Å². The summed E-state index contributed by atoms with van der Waals surface area (Å²) < 4.78 is 7.57. The molecule has 6 nitrogen and oxygen atoms in total. The number of hydrogen-bond donors (Lipinski definition) is 1. The van der Waals surface area contributed by atoms with Gasteiger partial charge in [-0.2, -0.15) is 9.78 Å². The molecule has 3 aromatic rings. The number of phenols is 1. The van der Waals surface area contributed by atoms with Gasteiger partial charge in [0.2, 0.25) is 0 Å². The number of fused-ring (bicyclic) bond motifs is 1. The molecule has 2 aromatic carbocycles. The Balaban J connectivity index is 1.85. The van der Waals surface area contributed by atoms with E-state index >= 15 is 0 Å². The van der Waals surface area contributed by atoms with Gasteiger partial charge in [0.25, 0.3) is 5.56 Å². The molecule has 0 amide bonds. The van der Waals surface area contributed by atoms with Crippen molar-refractivity contribution < 1.29 is 9.84 Å². The molecule has 0 saturated heterocycles. The Labute approximate surface area is 195 Å². The first-order valence-corrected chi connectivity index (χ1v) is 11.6. The normalized spacial score (nSPS) is 14.8. The number of aromatic nitrogens is 2. The van der Waals surface area contributed by atoms with Gasteiger partial charge in [-0.3, -0.25) is 4.79 Å². The number of methoxy groups -OCH3 is 1. The Morgan fingerprint density at radius 2 is 2.06 bits per heavy atom. The summed E-state index contributed by atoms with van der Waals surface area (Å²) in [6, 6.07) is 9.07. The highest BCUT2D eigenvalue weighted by Gasteiger charge is 2.22. The third-order valence-electron chi connectivity index (χ3n) is 5.89. The summed E-state index contributed by atoms with van der Waals surface area (Å²) in [7, 11) is 1.50. The van der Waals surface area contributed by atoms with E-state index in [2.05, 4.69) is 27.6 Å². The minimum absolute atomic E-state index is 0.0850. The monoisotopic (exact) mass is 495 g/mol. The van der Waals surface area contributed by atoms with Crippen LogP contribution < -0.4 is 10.3 Å². The molecule has 4 rings (SSSR count). The molecular weight excluding hydrogens is 470 g/mol. The van der Waals surface area contributed by atoms with Crippen molar-refractivity contribution >= 4 is 33.0 Å². The first-order chi connectivity index (χ1) is 15.5. The minimum Gasteiger partial charge on any atom is -0.504 e. The Bertz CT molecular complexity index is 1240. The second-order valence-electron chi connectivity index (χ2n) is 8.05. The summed E-state index contributed by atoms with van der Waals surface area (Å²) in [6.07, 6.45) is 9.29. The lowest BCUT2D eigenvalue weighted by Crippen LogP contribution is -2.25. The van der Waals surface area contributed by atoms with Crippen LogP contribution in [0.25, 0.3) is 10.9 Å². The van der Waals surface area contributed by atoms with Gasteiger partial charge >= 0.3 is 0 Å². The van der Waals surface area contributed by atoms with Crippen molar-refractivity contribution in [2.75, 3.05) is 7.11 Å². The maximum absolute atomic E-state index is 13.4. The number of halogens is 1. The van der Waals surface area contributed by atoms with Gasteiger partial charge in [0, 0.05) is 16.0 Å². The zero-order valence-electron chi connectivity index (χ0n) is 18.1. The van der Waals surface area contributed by atoms with Gasteiger partial charge in [0.1, 0.15) is 5.82 Å². The molecule has 0 radical (unpaired) electrons. The summed E-state index contributed by atoms with van der Waals surface area (Å²) >= 11 is 3.45. The first kappa shape index (κ1) is 22.3. The van der Waals surface area contributed by atoms with Crippen molar-refractivity contribution in [2.45, 2.75) is 44.4 Å². The predicted octanol–water partition coefficient (Wildman–Crippen LogP) is 5.53. The Morgan fingerprint density at radius 3 is 2.78 bits per heavy atom. The van der Waals surface area contributed by atoms with Crippen LogP contribution in [-0.2, 0) is 6.42 Å². The zero-order chi connectivity index (χ0) is 22.7. The van der Waals surface area contributed by atoms with Crippen molar-refractivity contribution in [3.8, 4) is 11.5 Å². The van der Waals surface area contributed by atoms with Gasteiger partial charge in [-0.1, -0.05) is 41.3 Å². The number of hydrogen-bond acceptors (Lipinski definition) is 5. The van der Waals surface area contributed by atoms with Gasteiger partial charge < -0.3 is 9.84 Å². The Morgan fingerprint density at radius 1 is 1.28 bits per heavy atom. The lowest BCUT2D eigenvalue weighted by atomic mass is 9.88. The molecule has 1 heterocycles. The molecular formula is C25H26BrN3O3. The topological polar surface area (TPSA) is 76.7 Å². The molecule has 166 valence electrons. The average molecular weight is 496 g/mol. The number of allylic oxidation sites excluding steroid dienone is 1. The van der Waals surface area contributed by atoms with E-state index in [9.17, 15) is 9.90 Å².